The molecule has 1 aromatic rings. The smallest absolute Gasteiger partial charge is 0.292 e. The van der Waals surface area contributed by atoms with Crippen molar-refractivity contribution in [1.82, 2.24) is 5.32 Å². The number of rotatable bonds is 4. The predicted octanol–water partition coefficient (Wildman–Crippen LogP) is 2.69. The van der Waals surface area contributed by atoms with E-state index >= 15 is 0 Å². The predicted molar refractivity (Wildman–Crippen MR) is 80.9 cm³/mol. The van der Waals surface area contributed by atoms with Crippen LogP contribution in [0.25, 0.3) is 0 Å². The number of hydrogen-bond donors (Lipinski definition) is 2. The molecule has 0 aromatic heterocycles. The Labute approximate surface area is 124 Å². The molecule has 1 aromatic carbocycles. The van der Waals surface area contributed by atoms with Gasteiger partial charge in [-0.3, -0.25) is 10.1 Å². The molecule has 114 valence electrons. The molecule has 1 heterocycles. The van der Waals surface area contributed by atoms with Crippen LogP contribution >= 0.6 is 0 Å². The molecular formula is C15H21N3O3. The summed E-state index contributed by atoms with van der Waals surface area (Å²) in [6, 6.07) is 5.12. The maximum Gasteiger partial charge on any atom is 0.292 e. The summed E-state index contributed by atoms with van der Waals surface area (Å²) in [6.45, 7) is 0.968. The minimum Gasteiger partial charge on any atom is -0.497 e. The van der Waals surface area contributed by atoms with Crippen LogP contribution in [0.5, 0.6) is 5.75 Å². The molecule has 3 rings (SSSR count). The molecule has 1 saturated heterocycles. The van der Waals surface area contributed by atoms with Crippen molar-refractivity contribution in [3.8, 4) is 5.75 Å². The van der Waals surface area contributed by atoms with Gasteiger partial charge in [-0.2, -0.15) is 0 Å². The van der Waals surface area contributed by atoms with Crippen molar-refractivity contribution in [3.05, 3.63) is 28.3 Å². The first-order valence-electron chi connectivity index (χ1n) is 7.46. The van der Waals surface area contributed by atoms with E-state index in [9.17, 15) is 10.1 Å². The van der Waals surface area contributed by atoms with Crippen molar-refractivity contribution >= 4 is 11.4 Å². The highest BCUT2D eigenvalue weighted by atomic mass is 16.6. The molecule has 1 aliphatic heterocycles. The first-order chi connectivity index (χ1) is 10.1. The lowest BCUT2D eigenvalue weighted by atomic mass is 9.70. The topological polar surface area (TPSA) is 76.4 Å². The highest BCUT2D eigenvalue weighted by Gasteiger charge is 2.41. The van der Waals surface area contributed by atoms with E-state index in [2.05, 4.69) is 10.6 Å². The zero-order chi connectivity index (χ0) is 14.9. The molecule has 1 atom stereocenters. The number of methoxy groups -OCH3 is 1. The van der Waals surface area contributed by atoms with Gasteiger partial charge in [0.2, 0.25) is 0 Å². The van der Waals surface area contributed by atoms with Crippen molar-refractivity contribution in [2.75, 3.05) is 19.0 Å². The van der Waals surface area contributed by atoms with Gasteiger partial charge in [0.25, 0.3) is 5.69 Å². The summed E-state index contributed by atoms with van der Waals surface area (Å²) in [5, 5.41) is 18.1. The summed E-state index contributed by atoms with van der Waals surface area (Å²) in [5.74, 6) is 0.635. The molecule has 2 aliphatic rings. The average molecular weight is 291 g/mol. The van der Waals surface area contributed by atoms with Crippen molar-refractivity contribution in [3.63, 3.8) is 0 Å². The number of anilines is 1. The lowest BCUT2D eigenvalue weighted by molar-refractivity contribution is -0.384. The van der Waals surface area contributed by atoms with Crippen LogP contribution in [0.1, 0.15) is 32.1 Å². The van der Waals surface area contributed by atoms with Crippen molar-refractivity contribution < 1.29 is 9.66 Å². The van der Waals surface area contributed by atoms with Gasteiger partial charge in [0.05, 0.1) is 12.0 Å². The number of nitrogens with zero attached hydrogens (tertiary/aromatic N) is 1. The largest absolute Gasteiger partial charge is 0.497 e. The second-order valence-corrected chi connectivity index (χ2v) is 6.03. The molecule has 0 bridgehead atoms. The normalized spacial score (nSPS) is 23.4. The molecule has 1 saturated carbocycles. The fraction of sp³-hybridized carbons (Fsp3) is 0.600. The Hall–Kier alpha value is -1.82. The molecule has 1 unspecified atom stereocenters. The Bertz CT molecular complexity index is 543. The molecule has 2 fully saturated rings. The number of benzene rings is 1. The highest BCUT2D eigenvalue weighted by Crippen LogP contribution is 2.40. The van der Waals surface area contributed by atoms with Gasteiger partial charge in [0, 0.05) is 23.7 Å². The number of nitrogens with one attached hydrogen (secondary N) is 2. The maximum absolute atomic E-state index is 11.2. The summed E-state index contributed by atoms with van der Waals surface area (Å²) in [4.78, 5) is 10.8. The standard InChI is InChI=1S/C15H21N3O3/c1-21-12-3-4-14(18(19)20)13(9-12)17-11-5-8-16-15(10-11)6-2-7-15/h3-4,9,11,16-17H,2,5-8,10H2,1H3. The van der Waals surface area contributed by atoms with Crippen molar-refractivity contribution in [1.29, 1.82) is 0 Å². The number of nitro benzene ring substituents is 1. The van der Waals surface area contributed by atoms with Crippen LogP contribution < -0.4 is 15.4 Å². The molecule has 0 amide bonds. The van der Waals surface area contributed by atoms with Gasteiger partial charge in [-0.25, -0.2) is 0 Å². The molecular weight excluding hydrogens is 270 g/mol. The highest BCUT2D eigenvalue weighted by molar-refractivity contribution is 5.64. The lowest BCUT2D eigenvalue weighted by Gasteiger charge is -2.48. The maximum atomic E-state index is 11.2. The van der Waals surface area contributed by atoms with Gasteiger partial charge in [0.1, 0.15) is 11.4 Å². The van der Waals surface area contributed by atoms with Crippen LogP contribution in [0.3, 0.4) is 0 Å². The van der Waals surface area contributed by atoms with E-state index < -0.39 is 0 Å². The summed E-state index contributed by atoms with van der Waals surface area (Å²) in [5.41, 5.74) is 0.932. The van der Waals surface area contributed by atoms with Crippen LogP contribution in [0.4, 0.5) is 11.4 Å². The Morgan fingerprint density at radius 1 is 1.48 bits per heavy atom. The fourth-order valence-corrected chi connectivity index (χ4v) is 3.40. The van der Waals surface area contributed by atoms with Gasteiger partial charge in [0.15, 0.2) is 0 Å². The summed E-state index contributed by atoms with van der Waals surface area (Å²) in [7, 11) is 1.57. The van der Waals surface area contributed by atoms with E-state index in [-0.39, 0.29) is 22.2 Å². The van der Waals surface area contributed by atoms with Crippen LogP contribution in [0.2, 0.25) is 0 Å². The average Bonchev–Trinajstić information content (AvgIpc) is 2.45. The van der Waals surface area contributed by atoms with E-state index in [0.717, 1.165) is 19.4 Å². The quantitative estimate of drug-likeness (QED) is 0.659. The van der Waals surface area contributed by atoms with E-state index in [1.165, 1.54) is 25.3 Å². The van der Waals surface area contributed by atoms with Gasteiger partial charge in [-0.15, -0.1) is 0 Å². The summed E-state index contributed by atoms with van der Waals surface area (Å²) in [6.07, 6.45) is 5.72. The fourth-order valence-electron chi connectivity index (χ4n) is 3.40. The third kappa shape index (κ3) is 2.81. The van der Waals surface area contributed by atoms with E-state index in [1.807, 2.05) is 0 Å². The number of piperidine rings is 1. The van der Waals surface area contributed by atoms with Crippen LogP contribution in [-0.4, -0.2) is 30.2 Å². The minimum absolute atomic E-state index is 0.108. The molecule has 1 aliphatic carbocycles. The first-order valence-corrected chi connectivity index (χ1v) is 7.46. The van der Waals surface area contributed by atoms with Crippen LogP contribution in [0.15, 0.2) is 18.2 Å². The Kier molecular flexibility index (Phi) is 3.71. The van der Waals surface area contributed by atoms with E-state index in [4.69, 9.17) is 4.74 Å². The molecule has 1 spiro atoms. The lowest BCUT2D eigenvalue weighted by Crippen LogP contribution is -2.58. The monoisotopic (exact) mass is 291 g/mol. The zero-order valence-electron chi connectivity index (χ0n) is 12.2. The van der Waals surface area contributed by atoms with Crippen molar-refractivity contribution in [2.24, 2.45) is 0 Å². The number of nitro groups is 1. The zero-order valence-corrected chi connectivity index (χ0v) is 12.2. The second-order valence-electron chi connectivity index (χ2n) is 6.03. The van der Waals surface area contributed by atoms with Gasteiger partial charge >= 0.3 is 0 Å². The first kappa shape index (κ1) is 14.1. The third-order valence-electron chi connectivity index (χ3n) is 4.70. The Morgan fingerprint density at radius 3 is 2.90 bits per heavy atom. The molecule has 0 radical (unpaired) electrons. The molecule has 21 heavy (non-hydrogen) atoms. The second kappa shape index (κ2) is 5.52. The Morgan fingerprint density at radius 2 is 2.29 bits per heavy atom. The van der Waals surface area contributed by atoms with E-state index in [1.54, 1.807) is 19.2 Å². The van der Waals surface area contributed by atoms with Crippen molar-refractivity contribution in [2.45, 2.75) is 43.7 Å². The van der Waals surface area contributed by atoms with Gasteiger partial charge < -0.3 is 15.4 Å². The molecule has 6 nitrogen and oxygen atoms in total. The van der Waals surface area contributed by atoms with Gasteiger partial charge in [-0.05, 0) is 44.7 Å². The Balaban J connectivity index is 1.78. The van der Waals surface area contributed by atoms with Crippen LogP contribution in [0, 0.1) is 10.1 Å². The number of ether oxygens (including phenoxy) is 1. The SMILES string of the molecule is COc1ccc([N+](=O)[O-])c(NC2CCNC3(CCC3)C2)c1. The molecule has 6 heteroatoms. The minimum atomic E-state index is -0.345. The van der Waals surface area contributed by atoms with Gasteiger partial charge in [-0.1, -0.05) is 0 Å². The number of hydrogen-bond acceptors (Lipinski definition) is 5. The third-order valence-corrected chi connectivity index (χ3v) is 4.70. The molecule has 2 N–H and O–H groups in total. The van der Waals surface area contributed by atoms with E-state index in [0.29, 0.717) is 11.4 Å². The van der Waals surface area contributed by atoms with Crippen LogP contribution in [-0.2, 0) is 0 Å². The summed E-state index contributed by atoms with van der Waals surface area (Å²) >= 11 is 0. The summed E-state index contributed by atoms with van der Waals surface area (Å²) < 4.78 is 5.18.